The number of carbonyl (C=O) groups excluding carboxylic acids is 4. The average Bonchev–Trinajstić information content (AvgIpc) is 3.22. The molecule has 4 amide bonds. The number of primary amides is 1. The van der Waals surface area contributed by atoms with E-state index in [9.17, 15) is 28.0 Å². The highest BCUT2D eigenvalue weighted by molar-refractivity contribution is 7.98. The SMILES string of the molecule is NC(=O)c1cccnc1SCc1ccnc(N(C(=O)CN2C(=O)c3ccccc3C2=O)c2ccc(OC(F)F)cc2)c1. The van der Waals surface area contributed by atoms with Gasteiger partial charge in [-0.3, -0.25) is 29.0 Å². The standard InChI is InChI=1S/C29H21F2N5O5S/c30-29(31)41-19-9-7-18(8-10-19)36(24(37)15-35-27(39)20-4-1-2-5-21(20)28(35)40)23-14-17(11-13-33-23)16-42-26-22(25(32)38)6-3-12-34-26/h1-14,29H,15-16H2,(H2,32,38). The predicted molar refractivity (Wildman–Crippen MR) is 149 cm³/mol. The van der Waals surface area contributed by atoms with Gasteiger partial charge in [0.2, 0.25) is 0 Å². The molecule has 0 atom stereocenters. The van der Waals surface area contributed by atoms with Gasteiger partial charge < -0.3 is 10.5 Å². The molecule has 3 heterocycles. The number of hydrogen-bond acceptors (Lipinski definition) is 8. The van der Waals surface area contributed by atoms with Crippen LogP contribution in [-0.2, 0) is 10.5 Å². The highest BCUT2D eigenvalue weighted by Gasteiger charge is 2.37. The summed E-state index contributed by atoms with van der Waals surface area (Å²) in [7, 11) is 0. The molecule has 2 N–H and O–H groups in total. The van der Waals surface area contributed by atoms with Crippen molar-refractivity contribution in [2.75, 3.05) is 11.4 Å². The van der Waals surface area contributed by atoms with E-state index in [1.807, 2.05) is 0 Å². The lowest BCUT2D eigenvalue weighted by atomic mass is 10.1. The first-order valence-corrected chi connectivity index (χ1v) is 13.4. The zero-order valence-corrected chi connectivity index (χ0v) is 22.5. The third kappa shape index (κ3) is 5.95. The summed E-state index contributed by atoms with van der Waals surface area (Å²) in [6.07, 6.45) is 3.00. The van der Waals surface area contributed by atoms with Crippen LogP contribution >= 0.6 is 11.8 Å². The van der Waals surface area contributed by atoms with E-state index in [4.69, 9.17) is 5.73 Å². The molecule has 1 aliphatic heterocycles. The number of fused-ring (bicyclic) bond motifs is 1. The van der Waals surface area contributed by atoms with Crippen molar-refractivity contribution in [2.24, 2.45) is 5.73 Å². The maximum atomic E-state index is 13.7. The van der Waals surface area contributed by atoms with Gasteiger partial charge in [0.1, 0.15) is 23.1 Å². The van der Waals surface area contributed by atoms with E-state index in [-0.39, 0.29) is 33.9 Å². The molecule has 0 aliphatic carbocycles. The van der Waals surface area contributed by atoms with Gasteiger partial charge in [-0.2, -0.15) is 8.78 Å². The molecule has 0 radical (unpaired) electrons. The highest BCUT2D eigenvalue weighted by Crippen LogP contribution is 2.31. The third-order valence-corrected chi connectivity index (χ3v) is 7.27. The van der Waals surface area contributed by atoms with Crippen molar-refractivity contribution in [1.29, 1.82) is 0 Å². The summed E-state index contributed by atoms with van der Waals surface area (Å²) >= 11 is 1.25. The second-order valence-electron chi connectivity index (χ2n) is 8.87. The van der Waals surface area contributed by atoms with E-state index >= 15 is 0 Å². The molecule has 13 heteroatoms. The number of amides is 4. The monoisotopic (exact) mass is 589 g/mol. The van der Waals surface area contributed by atoms with Crippen LogP contribution in [0, 0.1) is 0 Å². The maximum Gasteiger partial charge on any atom is 0.387 e. The third-order valence-electron chi connectivity index (χ3n) is 6.19. The number of alkyl halides is 2. The predicted octanol–water partition coefficient (Wildman–Crippen LogP) is 4.43. The Morgan fingerprint density at radius 3 is 2.26 bits per heavy atom. The Kier molecular flexibility index (Phi) is 8.20. The minimum Gasteiger partial charge on any atom is -0.435 e. The topological polar surface area (TPSA) is 136 Å². The van der Waals surface area contributed by atoms with Gasteiger partial charge in [0.25, 0.3) is 23.6 Å². The number of rotatable bonds is 10. The number of nitrogens with zero attached hydrogens (tertiary/aromatic N) is 4. The van der Waals surface area contributed by atoms with Crippen molar-refractivity contribution in [3.05, 3.63) is 107 Å². The number of hydrogen-bond donors (Lipinski definition) is 1. The van der Waals surface area contributed by atoms with Gasteiger partial charge in [-0.05, 0) is 66.2 Å². The molecule has 2 aromatic heterocycles. The molecule has 0 spiro atoms. The minimum absolute atomic E-state index is 0.125. The fraction of sp³-hybridized carbons (Fsp3) is 0.103. The molecule has 10 nitrogen and oxygen atoms in total. The van der Waals surface area contributed by atoms with Crippen molar-refractivity contribution < 1.29 is 32.7 Å². The average molecular weight is 590 g/mol. The number of thioether (sulfide) groups is 1. The number of anilines is 2. The molecular weight excluding hydrogens is 568 g/mol. The van der Waals surface area contributed by atoms with Crippen molar-refractivity contribution in [1.82, 2.24) is 14.9 Å². The first-order valence-electron chi connectivity index (χ1n) is 12.4. The Balaban J connectivity index is 1.44. The summed E-state index contributed by atoms with van der Waals surface area (Å²) < 4.78 is 29.8. The van der Waals surface area contributed by atoms with Crippen LogP contribution in [0.3, 0.4) is 0 Å². The Morgan fingerprint density at radius 1 is 0.929 bits per heavy atom. The van der Waals surface area contributed by atoms with Crippen molar-refractivity contribution in [2.45, 2.75) is 17.4 Å². The summed E-state index contributed by atoms with van der Waals surface area (Å²) in [5, 5.41) is 0.427. The fourth-order valence-electron chi connectivity index (χ4n) is 4.29. The van der Waals surface area contributed by atoms with Crippen LogP contribution in [0.15, 0.2) is 90.2 Å². The molecular formula is C29H21F2N5O5S. The van der Waals surface area contributed by atoms with Gasteiger partial charge in [-0.15, -0.1) is 11.8 Å². The number of benzene rings is 2. The summed E-state index contributed by atoms with van der Waals surface area (Å²) in [5.74, 6) is -2.16. The van der Waals surface area contributed by atoms with Crippen LogP contribution in [0.1, 0.15) is 36.6 Å². The van der Waals surface area contributed by atoms with Crippen molar-refractivity contribution >= 4 is 46.9 Å². The first-order chi connectivity index (χ1) is 20.2. The van der Waals surface area contributed by atoms with E-state index in [2.05, 4.69) is 14.7 Å². The van der Waals surface area contributed by atoms with Crippen LogP contribution in [0.25, 0.3) is 0 Å². The molecule has 4 aromatic rings. The Labute approximate surface area is 242 Å². The van der Waals surface area contributed by atoms with E-state index in [0.717, 1.165) is 4.90 Å². The van der Waals surface area contributed by atoms with Gasteiger partial charge >= 0.3 is 6.61 Å². The van der Waals surface area contributed by atoms with E-state index < -0.39 is 36.8 Å². The second-order valence-corrected chi connectivity index (χ2v) is 9.84. The molecule has 0 saturated carbocycles. The van der Waals surface area contributed by atoms with E-state index in [1.165, 1.54) is 65.5 Å². The lowest BCUT2D eigenvalue weighted by Crippen LogP contribution is -2.41. The Morgan fingerprint density at radius 2 is 1.62 bits per heavy atom. The largest absolute Gasteiger partial charge is 0.435 e. The summed E-state index contributed by atoms with van der Waals surface area (Å²) in [5.41, 5.74) is 7.03. The first kappa shape index (κ1) is 28.4. The van der Waals surface area contributed by atoms with Crippen LogP contribution in [0.4, 0.5) is 20.3 Å². The molecule has 42 heavy (non-hydrogen) atoms. The van der Waals surface area contributed by atoms with Crippen molar-refractivity contribution in [3.8, 4) is 5.75 Å². The molecule has 0 bridgehead atoms. The fourth-order valence-corrected chi connectivity index (χ4v) is 5.23. The molecule has 0 unspecified atom stereocenters. The molecule has 212 valence electrons. The van der Waals surface area contributed by atoms with Crippen LogP contribution in [0.5, 0.6) is 5.75 Å². The summed E-state index contributed by atoms with van der Waals surface area (Å²) in [4.78, 5) is 61.9. The summed E-state index contributed by atoms with van der Waals surface area (Å²) in [6.45, 7) is -3.63. The van der Waals surface area contributed by atoms with Gasteiger partial charge in [0.15, 0.2) is 0 Å². The highest BCUT2D eigenvalue weighted by atomic mass is 32.2. The van der Waals surface area contributed by atoms with Gasteiger partial charge in [0, 0.05) is 18.1 Å². The number of imide groups is 1. The van der Waals surface area contributed by atoms with Crippen LogP contribution in [0.2, 0.25) is 0 Å². The minimum atomic E-state index is -3.03. The van der Waals surface area contributed by atoms with E-state index in [0.29, 0.717) is 16.3 Å². The van der Waals surface area contributed by atoms with Gasteiger partial charge in [0.05, 0.1) is 22.4 Å². The van der Waals surface area contributed by atoms with Gasteiger partial charge in [-0.1, -0.05) is 12.1 Å². The number of carbonyl (C=O) groups is 4. The van der Waals surface area contributed by atoms with Crippen molar-refractivity contribution in [3.63, 3.8) is 0 Å². The zero-order valence-electron chi connectivity index (χ0n) is 21.6. The number of pyridine rings is 2. The summed E-state index contributed by atoms with van der Waals surface area (Å²) in [6, 6.07) is 18.0. The Hall–Kier alpha value is -5.17. The molecule has 0 fully saturated rings. The van der Waals surface area contributed by atoms with E-state index in [1.54, 1.807) is 36.4 Å². The quantitative estimate of drug-likeness (QED) is 0.212. The number of nitrogens with two attached hydrogens (primary N) is 1. The molecule has 1 aliphatic rings. The Bertz CT molecular complexity index is 1650. The second kappa shape index (κ2) is 12.1. The number of ether oxygens (including phenoxy) is 1. The lowest BCUT2D eigenvalue weighted by Gasteiger charge is -2.25. The number of aromatic nitrogens is 2. The van der Waals surface area contributed by atoms with Gasteiger partial charge in [-0.25, -0.2) is 9.97 Å². The van der Waals surface area contributed by atoms with Crippen LogP contribution < -0.4 is 15.4 Å². The molecule has 2 aromatic carbocycles. The molecule has 5 rings (SSSR count). The maximum absolute atomic E-state index is 13.7. The smallest absolute Gasteiger partial charge is 0.387 e. The molecule has 0 saturated heterocycles. The lowest BCUT2D eigenvalue weighted by molar-refractivity contribution is -0.118. The zero-order chi connectivity index (χ0) is 29.8. The number of halogens is 2. The normalized spacial score (nSPS) is 12.4. The van der Waals surface area contributed by atoms with Crippen LogP contribution in [-0.4, -0.2) is 51.7 Å².